The predicted octanol–water partition coefficient (Wildman–Crippen LogP) is 2.45. The van der Waals surface area contributed by atoms with Crippen molar-refractivity contribution in [2.24, 2.45) is 23.2 Å². The highest BCUT2D eigenvalue weighted by atomic mass is 16.5. The molecule has 0 aromatic heterocycles. The standard InChI is InChI=1S/C20H27NO4/c1-14(2)17(10-15-6-4-3-5-7-15)18(22)21-11-16-12-25-9-8-20(16,13-21)19(23)24/h3-7,14,16-17H,8-13H2,1-2H3,(H,23,24)/t16-,17?,20+/m0/s1. The number of carbonyl (C=O) groups is 2. The molecule has 5 heteroatoms. The first kappa shape index (κ1) is 17.9. The summed E-state index contributed by atoms with van der Waals surface area (Å²) in [6.45, 7) is 5.81. The molecule has 3 rings (SSSR count). The second kappa shape index (κ2) is 7.16. The molecule has 1 unspecified atom stereocenters. The zero-order valence-corrected chi connectivity index (χ0v) is 15.0. The van der Waals surface area contributed by atoms with Gasteiger partial charge in [0.15, 0.2) is 0 Å². The number of carboxylic acid groups (broad SMARTS) is 1. The summed E-state index contributed by atoms with van der Waals surface area (Å²) in [4.78, 5) is 26.9. The molecule has 2 aliphatic heterocycles. The second-order valence-corrected chi connectivity index (χ2v) is 7.74. The number of rotatable bonds is 5. The van der Waals surface area contributed by atoms with Crippen LogP contribution in [0.2, 0.25) is 0 Å². The van der Waals surface area contributed by atoms with Crippen molar-refractivity contribution in [2.45, 2.75) is 26.7 Å². The smallest absolute Gasteiger partial charge is 0.311 e. The molecule has 136 valence electrons. The average Bonchev–Trinajstić information content (AvgIpc) is 3.01. The number of hydrogen-bond acceptors (Lipinski definition) is 3. The van der Waals surface area contributed by atoms with E-state index >= 15 is 0 Å². The SMILES string of the molecule is CC(C)C(Cc1ccccc1)C(=O)N1C[C@H]2COCC[C@@]2(C(=O)O)C1. The van der Waals surface area contributed by atoms with Crippen molar-refractivity contribution in [3.63, 3.8) is 0 Å². The third kappa shape index (κ3) is 3.43. The van der Waals surface area contributed by atoms with Gasteiger partial charge in [0.25, 0.3) is 0 Å². The molecule has 2 aliphatic rings. The molecule has 25 heavy (non-hydrogen) atoms. The van der Waals surface area contributed by atoms with Gasteiger partial charge in [0.1, 0.15) is 0 Å². The van der Waals surface area contributed by atoms with Crippen LogP contribution in [0.5, 0.6) is 0 Å². The summed E-state index contributed by atoms with van der Waals surface area (Å²) in [5.41, 5.74) is 0.310. The number of benzene rings is 1. The van der Waals surface area contributed by atoms with Gasteiger partial charge in [-0.3, -0.25) is 9.59 Å². The van der Waals surface area contributed by atoms with Crippen LogP contribution in [0.1, 0.15) is 25.8 Å². The maximum Gasteiger partial charge on any atom is 0.311 e. The van der Waals surface area contributed by atoms with Crippen LogP contribution in [-0.2, 0) is 20.7 Å². The summed E-state index contributed by atoms with van der Waals surface area (Å²) in [5, 5.41) is 9.79. The minimum atomic E-state index is -0.831. The van der Waals surface area contributed by atoms with E-state index in [2.05, 4.69) is 13.8 Å². The Bertz CT molecular complexity index is 630. The highest BCUT2D eigenvalue weighted by Crippen LogP contribution is 2.43. The van der Waals surface area contributed by atoms with Crippen molar-refractivity contribution in [3.8, 4) is 0 Å². The molecule has 0 radical (unpaired) electrons. The van der Waals surface area contributed by atoms with E-state index < -0.39 is 11.4 Å². The molecule has 2 fully saturated rings. The Kier molecular flexibility index (Phi) is 5.13. The Hall–Kier alpha value is -1.88. The number of nitrogens with zero attached hydrogens (tertiary/aromatic N) is 1. The van der Waals surface area contributed by atoms with E-state index in [9.17, 15) is 14.7 Å². The van der Waals surface area contributed by atoms with E-state index in [0.717, 1.165) is 5.56 Å². The van der Waals surface area contributed by atoms with Crippen molar-refractivity contribution in [1.29, 1.82) is 0 Å². The number of ether oxygens (including phenoxy) is 1. The third-order valence-corrected chi connectivity index (χ3v) is 5.86. The predicted molar refractivity (Wildman–Crippen MR) is 94.0 cm³/mol. The van der Waals surface area contributed by atoms with E-state index in [1.165, 1.54) is 0 Å². The monoisotopic (exact) mass is 345 g/mol. The van der Waals surface area contributed by atoms with E-state index in [4.69, 9.17) is 4.74 Å². The zero-order valence-electron chi connectivity index (χ0n) is 15.0. The summed E-state index contributed by atoms with van der Waals surface area (Å²) < 4.78 is 5.49. The van der Waals surface area contributed by atoms with Crippen LogP contribution in [0.3, 0.4) is 0 Å². The number of amides is 1. The summed E-state index contributed by atoms with van der Waals surface area (Å²) in [5.74, 6) is -0.747. The first-order valence-corrected chi connectivity index (χ1v) is 9.08. The summed E-state index contributed by atoms with van der Waals surface area (Å²) >= 11 is 0. The molecule has 0 spiro atoms. The van der Waals surface area contributed by atoms with Gasteiger partial charge in [0.2, 0.25) is 5.91 Å². The van der Waals surface area contributed by atoms with E-state index in [0.29, 0.717) is 39.1 Å². The minimum Gasteiger partial charge on any atom is -0.481 e. The first-order chi connectivity index (χ1) is 11.9. The van der Waals surface area contributed by atoms with Crippen LogP contribution >= 0.6 is 0 Å². The number of carbonyl (C=O) groups excluding carboxylic acids is 1. The second-order valence-electron chi connectivity index (χ2n) is 7.74. The largest absolute Gasteiger partial charge is 0.481 e. The summed E-state index contributed by atoms with van der Waals surface area (Å²) in [6.07, 6.45) is 1.18. The Balaban J connectivity index is 1.78. The van der Waals surface area contributed by atoms with E-state index in [1.807, 2.05) is 30.3 Å². The van der Waals surface area contributed by atoms with Gasteiger partial charge in [-0.1, -0.05) is 44.2 Å². The van der Waals surface area contributed by atoms with Crippen molar-refractivity contribution in [3.05, 3.63) is 35.9 Å². The maximum absolute atomic E-state index is 13.2. The first-order valence-electron chi connectivity index (χ1n) is 9.08. The van der Waals surface area contributed by atoms with Gasteiger partial charge in [0, 0.05) is 31.5 Å². The van der Waals surface area contributed by atoms with Crippen molar-refractivity contribution < 1.29 is 19.4 Å². The Morgan fingerprint density at radius 2 is 2.04 bits per heavy atom. The third-order valence-electron chi connectivity index (χ3n) is 5.86. The Morgan fingerprint density at radius 3 is 2.64 bits per heavy atom. The number of hydrogen-bond donors (Lipinski definition) is 1. The number of carboxylic acids is 1. The number of fused-ring (bicyclic) bond motifs is 1. The van der Waals surface area contributed by atoms with Gasteiger partial charge in [0.05, 0.1) is 12.0 Å². The Labute approximate surface area is 149 Å². The molecule has 1 N–H and O–H groups in total. The summed E-state index contributed by atoms with van der Waals surface area (Å²) in [6, 6.07) is 10.0. The molecule has 3 atom stereocenters. The highest BCUT2D eigenvalue weighted by molar-refractivity contribution is 5.83. The zero-order chi connectivity index (χ0) is 18.0. The lowest BCUT2D eigenvalue weighted by Gasteiger charge is -2.34. The van der Waals surface area contributed by atoms with E-state index in [1.54, 1.807) is 4.90 Å². The topological polar surface area (TPSA) is 66.8 Å². The van der Waals surface area contributed by atoms with Gasteiger partial charge in [-0.2, -0.15) is 0 Å². The van der Waals surface area contributed by atoms with Crippen molar-refractivity contribution >= 4 is 11.9 Å². The fourth-order valence-corrected chi connectivity index (χ4v) is 4.18. The average molecular weight is 345 g/mol. The highest BCUT2D eigenvalue weighted by Gasteiger charge is 2.55. The van der Waals surface area contributed by atoms with Gasteiger partial charge >= 0.3 is 5.97 Å². The van der Waals surface area contributed by atoms with Gasteiger partial charge < -0.3 is 14.7 Å². The quantitative estimate of drug-likeness (QED) is 0.890. The lowest BCUT2D eigenvalue weighted by molar-refractivity contribution is -0.157. The van der Waals surface area contributed by atoms with Crippen LogP contribution < -0.4 is 0 Å². The molecular formula is C20H27NO4. The van der Waals surface area contributed by atoms with Gasteiger partial charge in [-0.15, -0.1) is 0 Å². The molecule has 2 heterocycles. The van der Waals surface area contributed by atoms with Crippen LogP contribution in [-0.4, -0.2) is 48.2 Å². The fraction of sp³-hybridized carbons (Fsp3) is 0.600. The minimum absolute atomic E-state index is 0.0777. The normalized spacial score (nSPS) is 27.2. The van der Waals surface area contributed by atoms with Crippen molar-refractivity contribution in [1.82, 2.24) is 4.90 Å². The van der Waals surface area contributed by atoms with Crippen LogP contribution in [0.25, 0.3) is 0 Å². The van der Waals surface area contributed by atoms with Crippen LogP contribution in [0, 0.1) is 23.2 Å². The van der Waals surface area contributed by atoms with Crippen LogP contribution in [0.15, 0.2) is 30.3 Å². The molecule has 1 aromatic carbocycles. The Morgan fingerprint density at radius 1 is 1.32 bits per heavy atom. The fourth-order valence-electron chi connectivity index (χ4n) is 4.18. The molecule has 0 aliphatic carbocycles. The molecular weight excluding hydrogens is 318 g/mol. The number of aliphatic carboxylic acids is 1. The molecule has 1 aromatic rings. The van der Waals surface area contributed by atoms with Crippen LogP contribution in [0.4, 0.5) is 0 Å². The lowest BCUT2D eigenvalue weighted by atomic mass is 9.74. The number of likely N-dealkylation sites (tertiary alicyclic amines) is 1. The molecule has 0 saturated carbocycles. The summed E-state index contributed by atoms with van der Waals surface area (Å²) in [7, 11) is 0. The van der Waals surface area contributed by atoms with Gasteiger partial charge in [-0.25, -0.2) is 0 Å². The molecule has 0 bridgehead atoms. The maximum atomic E-state index is 13.2. The van der Waals surface area contributed by atoms with Crippen molar-refractivity contribution in [2.75, 3.05) is 26.3 Å². The molecule has 1 amide bonds. The van der Waals surface area contributed by atoms with E-state index in [-0.39, 0.29) is 23.7 Å². The molecule has 2 saturated heterocycles. The van der Waals surface area contributed by atoms with Gasteiger partial charge in [-0.05, 0) is 24.3 Å². The lowest BCUT2D eigenvalue weighted by Crippen LogP contribution is -2.45. The molecule has 5 nitrogen and oxygen atoms in total.